The minimum atomic E-state index is -0.0677. The summed E-state index contributed by atoms with van der Waals surface area (Å²) >= 11 is 2.89. The fourth-order valence-corrected chi connectivity index (χ4v) is 4.17. The van der Waals surface area contributed by atoms with Gasteiger partial charge in [-0.15, -0.1) is 10.2 Å². The van der Waals surface area contributed by atoms with Crippen LogP contribution in [0.2, 0.25) is 0 Å². The van der Waals surface area contributed by atoms with Crippen molar-refractivity contribution in [1.29, 1.82) is 0 Å². The van der Waals surface area contributed by atoms with Crippen LogP contribution < -0.4 is 5.32 Å². The average molecular weight is 415 g/mol. The Morgan fingerprint density at radius 1 is 1.07 bits per heavy atom. The van der Waals surface area contributed by atoms with Crippen LogP contribution in [0.3, 0.4) is 0 Å². The number of thioether (sulfide) groups is 2. The third kappa shape index (κ3) is 5.32. The third-order valence-electron chi connectivity index (χ3n) is 3.97. The molecule has 0 saturated carbocycles. The molecule has 9 heteroatoms. The molecule has 146 valence electrons. The number of nitrogens with one attached hydrogen (secondary N) is 1. The summed E-state index contributed by atoms with van der Waals surface area (Å²) < 4.78 is 1.90. The molecule has 0 aliphatic rings. The number of nitrogens with zero attached hydrogens (tertiary/aromatic N) is 5. The van der Waals surface area contributed by atoms with E-state index in [4.69, 9.17) is 0 Å². The van der Waals surface area contributed by atoms with Gasteiger partial charge in [0.05, 0.1) is 11.5 Å². The SMILES string of the molecule is Cc1cc(C)nc(SCc2nnc(SCC(=O)Nc3ccccc3C)n2C)n1. The highest BCUT2D eigenvalue weighted by Crippen LogP contribution is 2.22. The first-order chi connectivity index (χ1) is 13.4. The second-order valence-corrected chi connectivity index (χ2v) is 8.22. The number of benzene rings is 1. The van der Waals surface area contributed by atoms with E-state index in [-0.39, 0.29) is 11.7 Å². The van der Waals surface area contributed by atoms with Crippen LogP contribution in [0.15, 0.2) is 40.6 Å². The molecule has 2 aromatic heterocycles. The summed E-state index contributed by atoms with van der Waals surface area (Å²) in [6.45, 7) is 5.88. The molecule has 0 saturated heterocycles. The first-order valence-electron chi connectivity index (χ1n) is 8.74. The number of rotatable bonds is 7. The molecular formula is C19H22N6OS2. The van der Waals surface area contributed by atoms with Gasteiger partial charge in [-0.1, -0.05) is 41.7 Å². The standard InChI is InChI=1S/C19H22N6OS2/c1-12-7-5-6-8-15(12)22-17(26)11-28-19-24-23-16(25(19)4)10-27-18-20-13(2)9-14(3)21-18/h5-9H,10-11H2,1-4H3,(H,22,26). The molecule has 0 aliphatic carbocycles. The Balaban J connectivity index is 1.55. The molecule has 28 heavy (non-hydrogen) atoms. The number of amides is 1. The second-order valence-electron chi connectivity index (χ2n) is 6.33. The molecule has 0 unspecified atom stereocenters. The second kappa shape index (κ2) is 9.20. The molecular weight excluding hydrogens is 392 g/mol. The molecule has 0 bridgehead atoms. The van der Waals surface area contributed by atoms with Gasteiger partial charge < -0.3 is 9.88 Å². The number of carbonyl (C=O) groups excluding carboxylic acids is 1. The Bertz CT molecular complexity index is 968. The number of para-hydroxylation sites is 1. The van der Waals surface area contributed by atoms with Crippen LogP contribution in [0.1, 0.15) is 22.8 Å². The highest BCUT2D eigenvalue weighted by Gasteiger charge is 2.13. The van der Waals surface area contributed by atoms with Gasteiger partial charge in [-0.05, 0) is 38.5 Å². The molecule has 1 amide bonds. The summed E-state index contributed by atoms with van der Waals surface area (Å²) in [4.78, 5) is 21.1. The van der Waals surface area contributed by atoms with Crippen LogP contribution in [0.5, 0.6) is 0 Å². The van der Waals surface area contributed by atoms with Crippen LogP contribution in [0.4, 0.5) is 5.69 Å². The Morgan fingerprint density at radius 3 is 2.50 bits per heavy atom. The van der Waals surface area contributed by atoms with E-state index in [0.717, 1.165) is 33.6 Å². The van der Waals surface area contributed by atoms with E-state index in [0.29, 0.717) is 10.9 Å². The molecule has 0 radical (unpaired) electrons. The van der Waals surface area contributed by atoms with Gasteiger partial charge in [0.2, 0.25) is 5.91 Å². The van der Waals surface area contributed by atoms with Gasteiger partial charge in [-0.2, -0.15) is 0 Å². The molecule has 3 aromatic rings. The van der Waals surface area contributed by atoms with Crippen LogP contribution in [0, 0.1) is 20.8 Å². The zero-order chi connectivity index (χ0) is 20.1. The number of carbonyl (C=O) groups is 1. The Morgan fingerprint density at radius 2 is 1.79 bits per heavy atom. The van der Waals surface area contributed by atoms with Crippen molar-refractivity contribution in [3.8, 4) is 0 Å². The lowest BCUT2D eigenvalue weighted by Gasteiger charge is -2.08. The largest absolute Gasteiger partial charge is 0.325 e. The summed E-state index contributed by atoms with van der Waals surface area (Å²) in [5.74, 6) is 1.63. The maximum atomic E-state index is 12.2. The maximum absolute atomic E-state index is 12.2. The van der Waals surface area contributed by atoms with E-state index in [1.807, 2.05) is 62.7 Å². The van der Waals surface area contributed by atoms with Crippen molar-refractivity contribution in [3.63, 3.8) is 0 Å². The van der Waals surface area contributed by atoms with Gasteiger partial charge in [-0.3, -0.25) is 4.79 Å². The zero-order valence-corrected chi connectivity index (χ0v) is 17.9. The van der Waals surface area contributed by atoms with Crippen molar-refractivity contribution in [3.05, 3.63) is 53.1 Å². The number of anilines is 1. The number of hydrogen-bond acceptors (Lipinski definition) is 7. The molecule has 0 atom stereocenters. The van der Waals surface area contributed by atoms with E-state index >= 15 is 0 Å². The van der Waals surface area contributed by atoms with Gasteiger partial charge in [0.15, 0.2) is 10.3 Å². The van der Waals surface area contributed by atoms with Crippen molar-refractivity contribution in [1.82, 2.24) is 24.7 Å². The van der Waals surface area contributed by atoms with Gasteiger partial charge in [-0.25, -0.2) is 9.97 Å². The predicted octanol–water partition coefficient (Wildman–Crippen LogP) is 3.55. The Kier molecular flexibility index (Phi) is 6.69. The molecule has 0 aliphatic heterocycles. The molecule has 0 fully saturated rings. The van der Waals surface area contributed by atoms with Gasteiger partial charge in [0.25, 0.3) is 0 Å². The van der Waals surface area contributed by atoms with E-state index in [2.05, 4.69) is 25.5 Å². The van der Waals surface area contributed by atoms with Crippen molar-refractivity contribution in [2.45, 2.75) is 36.8 Å². The molecule has 2 heterocycles. The fourth-order valence-electron chi connectivity index (χ4n) is 2.51. The summed E-state index contributed by atoms with van der Waals surface area (Å²) in [7, 11) is 1.90. The Hall–Kier alpha value is -2.39. The molecule has 1 N–H and O–H groups in total. The molecule has 0 spiro atoms. The minimum Gasteiger partial charge on any atom is -0.325 e. The monoisotopic (exact) mass is 414 g/mol. The lowest BCUT2D eigenvalue weighted by atomic mass is 10.2. The van der Waals surface area contributed by atoms with Crippen LogP contribution in [0.25, 0.3) is 0 Å². The maximum Gasteiger partial charge on any atom is 0.234 e. The quantitative estimate of drug-likeness (QED) is 0.467. The summed E-state index contributed by atoms with van der Waals surface area (Å²) in [6.07, 6.45) is 0. The van der Waals surface area contributed by atoms with Crippen molar-refractivity contribution < 1.29 is 4.79 Å². The van der Waals surface area contributed by atoms with Gasteiger partial charge >= 0.3 is 0 Å². The number of hydrogen-bond donors (Lipinski definition) is 1. The van der Waals surface area contributed by atoms with Crippen LogP contribution in [-0.4, -0.2) is 36.4 Å². The van der Waals surface area contributed by atoms with Crippen LogP contribution >= 0.6 is 23.5 Å². The smallest absolute Gasteiger partial charge is 0.234 e. The zero-order valence-electron chi connectivity index (χ0n) is 16.3. The summed E-state index contributed by atoms with van der Waals surface area (Å²) in [5, 5.41) is 12.8. The number of aromatic nitrogens is 5. The molecule has 1 aromatic carbocycles. The van der Waals surface area contributed by atoms with Crippen LogP contribution in [-0.2, 0) is 17.6 Å². The highest BCUT2D eigenvalue weighted by atomic mass is 32.2. The van der Waals surface area contributed by atoms with E-state index < -0.39 is 0 Å². The Labute approximate surface area is 172 Å². The van der Waals surface area contributed by atoms with E-state index in [9.17, 15) is 4.79 Å². The predicted molar refractivity (Wildman–Crippen MR) is 113 cm³/mol. The summed E-state index contributed by atoms with van der Waals surface area (Å²) in [5.41, 5.74) is 3.76. The van der Waals surface area contributed by atoms with Crippen molar-refractivity contribution >= 4 is 35.1 Å². The van der Waals surface area contributed by atoms with Gasteiger partial charge in [0.1, 0.15) is 5.82 Å². The topological polar surface area (TPSA) is 85.6 Å². The highest BCUT2D eigenvalue weighted by molar-refractivity contribution is 7.99. The number of aryl methyl sites for hydroxylation is 3. The average Bonchev–Trinajstić information content (AvgIpc) is 2.99. The lowest BCUT2D eigenvalue weighted by Crippen LogP contribution is -2.15. The normalized spacial score (nSPS) is 10.9. The lowest BCUT2D eigenvalue weighted by molar-refractivity contribution is -0.113. The first kappa shape index (κ1) is 20.3. The van der Waals surface area contributed by atoms with Crippen molar-refractivity contribution in [2.75, 3.05) is 11.1 Å². The fraction of sp³-hybridized carbons (Fsp3) is 0.316. The first-order valence-corrected chi connectivity index (χ1v) is 10.7. The molecule has 3 rings (SSSR count). The third-order valence-corrected chi connectivity index (χ3v) is 5.83. The van der Waals surface area contributed by atoms with Crippen molar-refractivity contribution in [2.24, 2.45) is 7.05 Å². The van der Waals surface area contributed by atoms with E-state index in [1.165, 1.54) is 23.5 Å². The van der Waals surface area contributed by atoms with E-state index in [1.54, 1.807) is 0 Å². The molecule has 7 nitrogen and oxygen atoms in total. The van der Waals surface area contributed by atoms with Gasteiger partial charge in [0, 0.05) is 24.1 Å². The summed E-state index contributed by atoms with van der Waals surface area (Å²) in [6, 6.07) is 9.66. The minimum absolute atomic E-state index is 0.0677.